The molecule has 0 aromatic heterocycles. The fraction of sp³-hybridized carbons (Fsp3) is 0.864. The number of nitrogens with zero attached hydrogens (tertiary/aromatic N) is 1. The summed E-state index contributed by atoms with van der Waals surface area (Å²) in [6, 6.07) is -0.986. The first-order valence-corrected chi connectivity index (χ1v) is 12.6. The van der Waals surface area contributed by atoms with Crippen LogP contribution in [0.2, 0.25) is 0 Å². The molecule has 2 fully saturated rings. The molecular weight excluding hydrogens is 416 g/mol. The molecule has 2 rings (SSSR count). The van der Waals surface area contributed by atoms with Crippen LogP contribution in [0.5, 0.6) is 0 Å². The van der Waals surface area contributed by atoms with E-state index >= 15 is 0 Å². The van der Waals surface area contributed by atoms with Crippen LogP contribution in [0.3, 0.4) is 0 Å². The maximum atomic E-state index is 13.5. The minimum Gasteiger partial charge on any atom is -0.450 e. The lowest BCUT2D eigenvalue weighted by molar-refractivity contribution is -0.140. The lowest BCUT2D eigenvalue weighted by atomic mass is 9.86. The molecule has 0 spiro atoms. The third-order valence-corrected chi connectivity index (χ3v) is 7.56. The minimum absolute atomic E-state index is 0.100. The lowest BCUT2D eigenvalue weighted by Gasteiger charge is -2.37. The predicted octanol–water partition coefficient (Wildman–Crippen LogP) is 2.26. The molecule has 0 radical (unpaired) electrons. The number of hydrogen-bond acceptors (Lipinski definition) is 6. The van der Waals surface area contributed by atoms with Crippen LogP contribution in [0.4, 0.5) is 4.79 Å². The number of nitrogens with one attached hydrogen (secondary N) is 2. The van der Waals surface area contributed by atoms with E-state index in [9.17, 15) is 14.4 Å². The Bertz CT molecular complexity index is 623. The van der Waals surface area contributed by atoms with Gasteiger partial charge >= 0.3 is 6.09 Å². The summed E-state index contributed by atoms with van der Waals surface area (Å²) >= 11 is 1.60. The Kier molecular flexibility index (Phi) is 9.93. The molecular formula is C22H40N4O4S. The van der Waals surface area contributed by atoms with Gasteiger partial charge in [0.25, 0.3) is 0 Å². The Morgan fingerprint density at radius 2 is 1.84 bits per heavy atom. The molecule has 2 aliphatic rings. The number of rotatable bonds is 9. The standard InChI is InChI=1S/C22H40N4O4S/c1-5-30-21(29)25-18(22(3,4)31-6-2)20(28)26-13-7-8-17(26)19(27)24-14-15-9-11-16(23)12-10-15/h15-18H,5-14,23H2,1-4H3,(H,24,27)(H,25,29). The van der Waals surface area contributed by atoms with Crippen LogP contribution in [0.25, 0.3) is 0 Å². The first-order chi connectivity index (χ1) is 14.7. The van der Waals surface area contributed by atoms with Crippen molar-refractivity contribution in [1.29, 1.82) is 0 Å². The normalized spacial score (nSPS) is 25.1. The highest BCUT2D eigenvalue weighted by Gasteiger charge is 2.44. The van der Waals surface area contributed by atoms with Crippen molar-refractivity contribution >= 4 is 29.7 Å². The van der Waals surface area contributed by atoms with Crippen molar-refractivity contribution in [3.8, 4) is 0 Å². The molecule has 0 bridgehead atoms. The zero-order chi connectivity index (χ0) is 23.0. The van der Waals surface area contributed by atoms with Gasteiger partial charge in [-0.05, 0) is 71.0 Å². The van der Waals surface area contributed by atoms with Gasteiger partial charge in [-0.3, -0.25) is 9.59 Å². The van der Waals surface area contributed by atoms with Gasteiger partial charge in [-0.2, -0.15) is 11.8 Å². The third-order valence-electron chi connectivity index (χ3n) is 6.29. The molecule has 4 N–H and O–H groups in total. The number of carbonyl (C=O) groups excluding carboxylic acids is 3. The molecule has 178 valence electrons. The quantitative estimate of drug-likeness (QED) is 0.490. The van der Waals surface area contributed by atoms with Gasteiger partial charge in [-0.1, -0.05) is 6.92 Å². The second-order valence-corrected chi connectivity index (χ2v) is 11.0. The van der Waals surface area contributed by atoms with Crippen molar-refractivity contribution in [2.45, 2.75) is 89.1 Å². The van der Waals surface area contributed by atoms with E-state index in [1.807, 2.05) is 20.8 Å². The van der Waals surface area contributed by atoms with Crippen molar-refractivity contribution in [3.05, 3.63) is 0 Å². The van der Waals surface area contributed by atoms with E-state index in [4.69, 9.17) is 10.5 Å². The fourth-order valence-electron chi connectivity index (χ4n) is 4.50. The van der Waals surface area contributed by atoms with Gasteiger partial charge in [-0.15, -0.1) is 0 Å². The van der Waals surface area contributed by atoms with E-state index in [0.717, 1.165) is 37.9 Å². The number of nitrogens with two attached hydrogens (primary N) is 1. The summed E-state index contributed by atoms with van der Waals surface area (Å²) in [4.78, 5) is 40.2. The smallest absolute Gasteiger partial charge is 0.407 e. The topological polar surface area (TPSA) is 114 Å². The summed E-state index contributed by atoms with van der Waals surface area (Å²) in [7, 11) is 0. The maximum Gasteiger partial charge on any atom is 0.407 e. The summed E-state index contributed by atoms with van der Waals surface area (Å²) in [5, 5.41) is 5.82. The van der Waals surface area contributed by atoms with Gasteiger partial charge in [0, 0.05) is 23.9 Å². The Balaban J connectivity index is 2.04. The molecule has 9 heteroatoms. The van der Waals surface area contributed by atoms with Gasteiger partial charge in [0.1, 0.15) is 12.1 Å². The van der Waals surface area contributed by atoms with Crippen molar-refractivity contribution in [2.24, 2.45) is 11.7 Å². The van der Waals surface area contributed by atoms with Gasteiger partial charge in [-0.25, -0.2) is 4.79 Å². The Morgan fingerprint density at radius 3 is 2.45 bits per heavy atom. The van der Waals surface area contributed by atoms with Crippen molar-refractivity contribution in [3.63, 3.8) is 0 Å². The summed E-state index contributed by atoms with van der Waals surface area (Å²) in [6.07, 6.45) is 4.86. The van der Waals surface area contributed by atoms with Crippen LogP contribution in [0, 0.1) is 5.92 Å². The number of ether oxygens (including phenoxy) is 1. The monoisotopic (exact) mass is 456 g/mol. The van der Waals surface area contributed by atoms with Crippen molar-refractivity contribution in [1.82, 2.24) is 15.5 Å². The van der Waals surface area contributed by atoms with E-state index in [1.54, 1.807) is 23.6 Å². The van der Waals surface area contributed by atoms with E-state index in [0.29, 0.717) is 25.4 Å². The average molecular weight is 457 g/mol. The number of carbonyl (C=O) groups is 3. The van der Waals surface area contributed by atoms with Gasteiger partial charge in [0.05, 0.1) is 6.61 Å². The van der Waals surface area contributed by atoms with Crippen LogP contribution in [0.1, 0.15) is 66.2 Å². The zero-order valence-corrected chi connectivity index (χ0v) is 20.3. The van der Waals surface area contributed by atoms with Crippen LogP contribution >= 0.6 is 11.8 Å². The van der Waals surface area contributed by atoms with E-state index in [-0.39, 0.29) is 24.5 Å². The fourth-order valence-corrected chi connectivity index (χ4v) is 5.57. The third kappa shape index (κ3) is 7.27. The number of alkyl carbamates (subject to hydrolysis) is 1. The molecule has 0 aromatic carbocycles. The van der Waals surface area contributed by atoms with Crippen molar-refractivity contribution in [2.75, 3.05) is 25.4 Å². The highest BCUT2D eigenvalue weighted by molar-refractivity contribution is 8.00. The van der Waals surface area contributed by atoms with Gasteiger partial charge < -0.3 is 26.0 Å². The summed E-state index contributed by atoms with van der Waals surface area (Å²) in [6.45, 7) is 9.00. The maximum absolute atomic E-state index is 13.5. The molecule has 1 heterocycles. The molecule has 3 amide bonds. The highest BCUT2D eigenvalue weighted by atomic mass is 32.2. The molecule has 1 aliphatic carbocycles. The van der Waals surface area contributed by atoms with Crippen LogP contribution < -0.4 is 16.4 Å². The molecule has 2 atom stereocenters. The molecule has 0 aromatic rings. The second kappa shape index (κ2) is 11.9. The van der Waals surface area contributed by atoms with Crippen LogP contribution in [0.15, 0.2) is 0 Å². The van der Waals surface area contributed by atoms with E-state index in [2.05, 4.69) is 10.6 Å². The molecule has 1 saturated carbocycles. The van der Waals surface area contributed by atoms with Gasteiger partial charge in [0.15, 0.2) is 0 Å². The largest absolute Gasteiger partial charge is 0.450 e. The summed E-state index contributed by atoms with van der Waals surface area (Å²) < 4.78 is 4.49. The molecule has 1 aliphatic heterocycles. The molecule has 8 nitrogen and oxygen atoms in total. The number of thioether (sulfide) groups is 1. The molecule has 1 saturated heterocycles. The molecule has 2 unspecified atom stereocenters. The second-order valence-electron chi connectivity index (χ2n) is 9.05. The summed E-state index contributed by atoms with van der Waals surface area (Å²) in [5.74, 6) is 0.931. The van der Waals surface area contributed by atoms with E-state index in [1.165, 1.54) is 0 Å². The van der Waals surface area contributed by atoms with Crippen molar-refractivity contribution < 1.29 is 19.1 Å². The first-order valence-electron chi connectivity index (χ1n) is 11.6. The SMILES string of the molecule is CCOC(=O)NC(C(=O)N1CCCC1C(=O)NCC1CCC(N)CC1)C(C)(C)SCC. The Morgan fingerprint density at radius 1 is 1.16 bits per heavy atom. The Labute approximate surface area is 190 Å². The Hall–Kier alpha value is -1.48. The van der Waals surface area contributed by atoms with Crippen LogP contribution in [-0.4, -0.2) is 71.1 Å². The highest BCUT2D eigenvalue weighted by Crippen LogP contribution is 2.31. The average Bonchev–Trinajstić information content (AvgIpc) is 3.21. The first kappa shape index (κ1) is 25.8. The lowest BCUT2D eigenvalue weighted by Crippen LogP contribution is -2.60. The zero-order valence-electron chi connectivity index (χ0n) is 19.4. The number of likely N-dealkylation sites (tertiary alicyclic amines) is 1. The minimum atomic E-state index is -0.773. The van der Waals surface area contributed by atoms with Crippen LogP contribution in [-0.2, 0) is 14.3 Å². The molecule has 31 heavy (non-hydrogen) atoms. The number of hydrogen-bond donors (Lipinski definition) is 3. The predicted molar refractivity (Wildman–Crippen MR) is 124 cm³/mol. The van der Waals surface area contributed by atoms with E-state index < -0.39 is 22.9 Å². The summed E-state index contributed by atoms with van der Waals surface area (Å²) in [5.41, 5.74) is 5.97. The number of amides is 3. The van der Waals surface area contributed by atoms with Gasteiger partial charge in [0.2, 0.25) is 11.8 Å².